The molecule has 4 rings (SSSR count). The van der Waals surface area contributed by atoms with Gasteiger partial charge in [0.05, 0.1) is 6.54 Å². The van der Waals surface area contributed by atoms with E-state index in [-0.39, 0.29) is 30.2 Å². The van der Waals surface area contributed by atoms with Gasteiger partial charge in [-0.05, 0) is 77.9 Å². The van der Waals surface area contributed by atoms with Gasteiger partial charge in [0, 0.05) is 23.4 Å². The molecular formula is C30H30F3N7O3. The minimum atomic E-state index is -4.87. The van der Waals surface area contributed by atoms with E-state index in [0.717, 1.165) is 31.2 Å². The lowest BCUT2D eigenvalue weighted by Gasteiger charge is -2.24. The van der Waals surface area contributed by atoms with Gasteiger partial charge in [0.2, 0.25) is 5.96 Å². The van der Waals surface area contributed by atoms with E-state index in [9.17, 15) is 22.8 Å². The molecule has 0 saturated carbocycles. The van der Waals surface area contributed by atoms with Gasteiger partial charge >= 0.3 is 12.4 Å². The number of nitrogens with two attached hydrogens (primary N) is 1. The van der Waals surface area contributed by atoms with E-state index in [1.165, 1.54) is 40.8 Å². The number of carbonyl (C=O) groups is 2. The number of guanidine groups is 1. The van der Waals surface area contributed by atoms with Crippen molar-refractivity contribution >= 4 is 29.2 Å². The molecule has 0 fully saturated rings. The van der Waals surface area contributed by atoms with Crippen LogP contribution in [0.25, 0.3) is 5.57 Å². The van der Waals surface area contributed by atoms with Gasteiger partial charge in [-0.15, -0.1) is 13.2 Å². The predicted octanol–water partition coefficient (Wildman–Crippen LogP) is 6.45. The molecule has 3 amide bonds. The van der Waals surface area contributed by atoms with Crippen LogP contribution in [-0.2, 0) is 13.1 Å². The number of hydrogen-bond acceptors (Lipinski definition) is 5. The molecule has 1 aliphatic rings. The van der Waals surface area contributed by atoms with Crippen molar-refractivity contribution in [1.82, 2.24) is 10.6 Å². The van der Waals surface area contributed by atoms with Gasteiger partial charge in [-0.2, -0.15) is 5.53 Å². The van der Waals surface area contributed by atoms with Crippen LogP contribution >= 0.6 is 0 Å². The van der Waals surface area contributed by atoms with E-state index in [2.05, 4.69) is 31.8 Å². The van der Waals surface area contributed by atoms with E-state index in [1.807, 2.05) is 24.3 Å². The molecule has 0 aliphatic heterocycles. The van der Waals surface area contributed by atoms with Crippen LogP contribution in [0.15, 0.2) is 89.2 Å². The third kappa shape index (κ3) is 8.89. The van der Waals surface area contributed by atoms with Crippen molar-refractivity contribution in [3.05, 3.63) is 101 Å². The fourth-order valence-electron chi connectivity index (χ4n) is 4.59. The first-order valence-electron chi connectivity index (χ1n) is 13.4. The normalized spacial score (nSPS) is 13.5. The quantitative estimate of drug-likeness (QED) is 0.0978. The van der Waals surface area contributed by atoms with Crippen LogP contribution in [0.2, 0.25) is 0 Å². The maximum absolute atomic E-state index is 13.5. The van der Waals surface area contributed by atoms with E-state index in [0.29, 0.717) is 11.3 Å². The van der Waals surface area contributed by atoms with Crippen LogP contribution in [0.1, 0.15) is 52.7 Å². The maximum Gasteiger partial charge on any atom is 0.573 e. The van der Waals surface area contributed by atoms with Crippen LogP contribution in [0, 0.1) is 5.53 Å². The maximum atomic E-state index is 13.5. The first-order chi connectivity index (χ1) is 20.6. The lowest BCUT2D eigenvalue weighted by Crippen LogP contribution is -2.39. The molecule has 0 bridgehead atoms. The number of amides is 3. The Bertz CT molecular complexity index is 1500. The van der Waals surface area contributed by atoms with Crippen LogP contribution in [0.5, 0.6) is 5.75 Å². The van der Waals surface area contributed by atoms with Crippen molar-refractivity contribution in [1.29, 1.82) is 5.53 Å². The Labute approximate surface area is 245 Å². The Morgan fingerprint density at radius 1 is 1.00 bits per heavy atom. The second-order valence-corrected chi connectivity index (χ2v) is 9.66. The van der Waals surface area contributed by atoms with Crippen LogP contribution in [0.3, 0.4) is 0 Å². The average Bonchev–Trinajstić information content (AvgIpc) is 2.99. The van der Waals surface area contributed by atoms with Gasteiger partial charge in [-0.1, -0.05) is 53.6 Å². The van der Waals surface area contributed by atoms with Gasteiger partial charge in [-0.25, -0.2) is 4.79 Å². The van der Waals surface area contributed by atoms with E-state index in [1.54, 1.807) is 18.2 Å². The number of ether oxygens (including phenoxy) is 1. The number of hydrogen-bond donors (Lipinski definition) is 4. The fourth-order valence-corrected chi connectivity index (χ4v) is 4.59. The molecule has 1 aliphatic carbocycles. The number of rotatable bonds is 9. The molecule has 0 aromatic heterocycles. The number of benzene rings is 3. The zero-order valence-corrected chi connectivity index (χ0v) is 23.0. The van der Waals surface area contributed by atoms with Crippen molar-refractivity contribution in [3.8, 4) is 5.75 Å². The molecule has 43 heavy (non-hydrogen) atoms. The third-order valence-electron chi connectivity index (χ3n) is 6.67. The highest BCUT2D eigenvalue weighted by molar-refractivity contribution is 6.05. The molecule has 5 N–H and O–H groups in total. The second-order valence-electron chi connectivity index (χ2n) is 9.66. The summed E-state index contributed by atoms with van der Waals surface area (Å²) >= 11 is 0. The van der Waals surface area contributed by atoms with E-state index < -0.39 is 24.1 Å². The van der Waals surface area contributed by atoms with Gasteiger partial charge in [0.15, 0.2) is 0 Å². The third-order valence-corrected chi connectivity index (χ3v) is 6.67. The molecular weight excluding hydrogens is 563 g/mol. The highest BCUT2D eigenvalue weighted by atomic mass is 19.4. The zero-order chi connectivity index (χ0) is 30.8. The van der Waals surface area contributed by atoms with Gasteiger partial charge in [-0.3, -0.25) is 15.0 Å². The smallest absolute Gasteiger partial charge is 0.405 e. The summed E-state index contributed by atoms with van der Waals surface area (Å²) in [6, 6.07) is 19.0. The molecule has 0 atom stereocenters. The number of halogens is 3. The summed E-state index contributed by atoms with van der Waals surface area (Å²) in [7, 11) is 0. The molecule has 0 unspecified atom stereocenters. The Balaban J connectivity index is 1.55. The molecule has 3 aromatic rings. The lowest BCUT2D eigenvalue weighted by molar-refractivity contribution is -0.274. The van der Waals surface area contributed by atoms with E-state index in [4.69, 9.17) is 11.3 Å². The fraction of sp³-hybridized carbons (Fsp3) is 0.233. The Morgan fingerprint density at radius 2 is 1.72 bits per heavy atom. The summed E-state index contributed by atoms with van der Waals surface area (Å²) < 4.78 is 42.8. The van der Waals surface area contributed by atoms with E-state index >= 15 is 0 Å². The molecule has 0 saturated heterocycles. The van der Waals surface area contributed by atoms with Crippen molar-refractivity contribution in [2.24, 2.45) is 16.1 Å². The summed E-state index contributed by atoms with van der Waals surface area (Å²) in [4.78, 5) is 27.3. The molecule has 13 heteroatoms. The topological polar surface area (TPSA) is 145 Å². The first-order valence-corrected chi connectivity index (χ1v) is 13.4. The molecule has 224 valence electrons. The second kappa shape index (κ2) is 14.1. The highest BCUT2D eigenvalue weighted by Gasteiger charge is 2.32. The first kappa shape index (κ1) is 30.8. The average molecular weight is 594 g/mol. The number of anilines is 1. The highest BCUT2D eigenvalue weighted by Crippen LogP contribution is 2.29. The van der Waals surface area contributed by atoms with Gasteiger partial charge in [0.25, 0.3) is 5.91 Å². The van der Waals surface area contributed by atoms with Crippen LogP contribution in [0.4, 0.5) is 23.7 Å². The molecule has 3 aromatic carbocycles. The molecule has 0 heterocycles. The van der Waals surface area contributed by atoms with Crippen molar-refractivity contribution in [3.63, 3.8) is 0 Å². The lowest BCUT2D eigenvalue weighted by atomic mass is 9.93. The van der Waals surface area contributed by atoms with Crippen molar-refractivity contribution in [2.45, 2.75) is 45.1 Å². The minimum Gasteiger partial charge on any atom is -0.405 e. The standard InChI is InChI=1S/C30H30F3N7O3/c31-30(32,33)43-26-9-5-4-8-24(26)18-36-29(42)40(25-16-14-22(15-17-25)21-6-2-1-3-7-21)19-20-10-12-23(13-11-20)27(41)37-28(34)38-39-35/h4-6,8-17H,1-3,7,18-19H2,(H,36,42)(H4,34,35,37,38,41). The Hall–Kier alpha value is -5.20. The largest absolute Gasteiger partial charge is 0.573 e. The van der Waals surface area contributed by atoms with Gasteiger partial charge < -0.3 is 15.8 Å². The number of para-hydroxylation sites is 1. The summed E-state index contributed by atoms with van der Waals surface area (Å²) in [5.41, 5.74) is 16.1. The SMILES string of the molecule is N=N/N=C(\N)NC(=O)c1ccc(CN(C(=O)NCc2ccccc2OC(F)(F)F)c2ccc(C3=CCCCC3)cc2)cc1. The van der Waals surface area contributed by atoms with Gasteiger partial charge in [0.1, 0.15) is 5.75 Å². The predicted molar refractivity (Wildman–Crippen MR) is 155 cm³/mol. The molecule has 0 radical (unpaired) electrons. The van der Waals surface area contributed by atoms with Crippen LogP contribution < -0.4 is 26.0 Å². The number of allylic oxidation sites excluding steroid dienone is 2. The number of carbonyl (C=O) groups excluding carboxylic acids is 2. The van der Waals surface area contributed by atoms with Crippen molar-refractivity contribution < 1.29 is 27.5 Å². The van der Waals surface area contributed by atoms with Crippen molar-refractivity contribution in [2.75, 3.05) is 4.90 Å². The molecule has 0 spiro atoms. The summed E-state index contributed by atoms with van der Waals surface area (Å²) in [5, 5.41) is 11.0. The number of urea groups is 1. The monoisotopic (exact) mass is 593 g/mol. The van der Waals surface area contributed by atoms with Crippen LogP contribution in [-0.4, -0.2) is 24.3 Å². The minimum absolute atomic E-state index is 0.0950. The number of nitrogens with zero attached hydrogens (tertiary/aromatic N) is 3. The number of nitrogens with one attached hydrogen (secondary N) is 3. The Kier molecular flexibility index (Phi) is 10.1. The number of alkyl halides is 3. The zero-order valence-electron chi connectivity index (χ0n) is 23.0. The summed E-state index contributed by atoms with van der Waals surface area (Å²) in [6.07, 6.45) is 1.64. The Morgan fingerprint density at radius 3 is 2.37 bits per heavy atom. The molecule has 10 nitrogen and oxygen atoms in total. The summed E-state index contributed by atoms with van der Waals surface area (Å²) in [5.74, 6) is -1.29. The summed E-state index contributed by atoms with van der Waals surface area (Å²) in [6.45, 7) is -0.114.